The summed E-state index contributed by atoms with van der Waals surface area (Å²) in [6.45, 7) is 0. The van der Waals surface area contributed by atoms with Gasteiger partial charge in [0.25, 0.3) is 0 Å². The molecule has 0 saturated carbocycles. The molecule has 112 valence electrons. The van der Waals surface area contributed by atoms with E-state index in [9.17, 15) is 9.59 Å². The summed E-state index contributed by atoms with van der Waals surface area (Å²) in [4.78, 5) is 24.0. The predicted molar refractivity (Wildman–Crippen MR) is 87.5 cm³/mol. The van der Waals surface area contributed by atoms with Crippen molar-refractivity contribution >= 4 is 50.9 Å². The average molecular weight is 380 g/mol. The Kier molecular flexibility index (Phi) is 8.25. The summed E-state index contributed by atoms with van der Waals surface area (Å²) >= 11 is 6.63. The van der Waals surface area contributed by atoms with Crippen LogP contribution in [0.3, 0.4) is 0 Å². The first-order valence-corrected chi connectivity index (χ1v) is 9.28. The van der Waals surface area contributed by atoms with Gasteiger partial charge >= 0.3 is 5.97 Å². The van der Waals surface area contributed by atoms with E-state index in [1.54, 1.807) is 23.1 Å². The second-order valence-electron chi connectivity index (χ2n) is 4.30. The number of aliphatic carboxylic acids is 1. The normalized spacial score (nSPS) is 12.1. The highest BCUT2D eigenvalue weighted by atomic mass is 79.9. The summed E-state index contributed by atoms with van der Waals surface area (Å²) in [6.07, 6.45) is 4.30. The number of thiophene rings is 1. The van der Waals surface area contributed by atoms with Gasteiger partial charge in [0.05, 0.1) is 3.79 Å². The number of carboxylic acids is 1. The molecule has 1 amide bonds. The Morgan fingerprint density at radius 1 is 1.50 bits per heavy atom. The number of halogens is 1. The lowest BCUT2D eigenvalue weighted by atomic mass is 10.2. The van der Waals surface area contributed by atoms with Gasteiger partial charge in [-0.25, -0.2) is 4.79 Å². The van der Waals surface area contributed by atoms with Crippen LogP contribution in [0, 0.1) is 0 Å². The highest BCUT2D eigenvalue weighted by Crippen LogP contribution is 2.23. The molecule has 0 saturated heterocycles. The topological polar surface area (TPSA) is 66.4 Å². The van der Waals surface area contributed by atoms with Crippen molar-refractivity contribution in [1.29, 1.82) is 0 Å². The van der Waals surface area contributed by atoms with Crippen LogP contribution in [0.4, 0.5) is 0 Å². The molecule has 0 radical (unpaired) electrons. The van der Waals surface area contributed by atoms with Gasteiger partial charge in [0.2, 0.25) is 5.91 Å². The van der Waals surface area contributed by atoms with E-state index in [-0.39, 0.29) is 5.91 Å². The van der Waals surface area contributed by atoms with Crippen LogP contribution in [-0.2, 0) is 16.0 Å². The van der Waals surface area contributed by atoms with Crippen molar-refractivity contribution in [2.45, 2.75) is 31.7 Å². The number of aryl methyl sites for hydroxylation is 1. The molecular weight excluding hydrogens is 362 g/mol. The maximum absolute atomic E-state index is 11.7. The molecule has 4 nitrogen and oxygen atoms in total. The number of carbonyl (C=O) groups excluding carboxylic acids is 1. The molecule has 1 atom stereocenters. The van der Waals surface area contributed by atoms with E-state index in [4.69, 9.17) is 5.11 Å². The number of rotatable bonds is 9. The number of hydrogen-bond donors (Lipinski definition) is 2. The van der Waals surface area contributed by atoms with E-state index >= 15 is 0 Å². The Bertz CT molecular complexity index is 451. The number of nitrogens with one attached hydrogen (secondary N) is 1. The standard InChI is InChI=1S/C13H18BrNO3S2/c1-19-8-7-10(13(17)18)15-12(16)4-2-3-9-5-6-11(14)20-9/h5-6,10H,2-4,7-8H2,1H3,(H,15,16)(H,17,18)/t10-/m1/s1. The second kappa shape index (κ2) is 9.41. The van der Waals surface area contributed by atoms with Crippen molar-refractivity contribution in [2.24, 2.45) is 0 Å². The number of thioether (sulfide) groups is 1. The molecule has 1 aromatic heterocycles. The second-order valence-corrected chi connectivity index (χ2v) is 7.83. The Labute approximate surface area is 135 Å². The molecular formula is C13H18BrNO3S2. The first-order chi connectivity index (χ1) is 9.52. The Morgan fingerprint density at radius 2 is 2.25 bits per heavy atom. The molecule has 2 N–H and O–H groups in total. The zero-order valence-electron chi connectivity index (χ0n) is 11.2. The molecule has 0 spiro atoms. The average Bonchev–Trinajstić information content (AvgIpc) is 2.80. The van der Waals surface area contributed by atoms with E-state index < -0.39 is 12.0 Å². The number of carbonyl (C=O) groups is 2. The summed E-state index contributed by atoms with van der Waals surface area (Å²) in [6, 6.07) is 3.25. The zero-order chi connectivity index (χ0) is 15.0. The largest absolute Gasteiger partial charge is 0.480 e. The van der Waals surface area contributed by atoms with Gasteiger partial charge in [0.1, 0.15) is 6.04 Å². The third kappa shape index (κ3) is 6.76. The van der Waals surface area contributed by atoms with Crippen molar-refractivity contribution in [1.82, 2.24) is 5.32 Å². The molecule has 0 fully saturated rings. The van der Waals surface area contributed by atoms with Crippen LogP contribution in [0.25, 0.3) is 0 Å². The van der Waals surface area contributed by atoms with Crippen molar-refractivity contribution in [3.63, 3.8) is 0 Å². The van der Waals surface area contributed by atoms with Gasteiger partial charge in [0, 0.05) is 11.3 Å². The van der Waals surface area contributed by atoms with E-state index in [0.29, 0.717) is 12.8 Å². The van der Waals surface area contributed by atoms with Crippen LogP contribution in [0.5, 0.6) is 0 Å². The lowest BCUT2D eigenvalue weighted by molar-refractivity contribution is -0.141. The monoisotopic (exact) mass is 379 g/mol. The van der Waals surface area contributed by atoms with Crippen LogP contribution < -0.4 is 5.32 Å². The molecule has 1 rings (SSSR count). The SMILES string of the molecule is CSCC[C@@H](NC(=O)CCCc1ccc(Br)s1)C(=O)O. The van der Waals surface area contributed by atoms with Crippen molar-refractivity contribution in [2.75, 3.05) is 12.0 Å². The molecule has 20 heavy (non-hydrogen) atoms. The zero-order valence-corrected chi connectivity index (χ0v) is 14.4. The third-order valence-corrected chi connectivity index (χ3v) is 5.03. The van der Waals surface area contributed by atoms with Crippen molar-refractivity contribution in [3.8, 4) is 0 Å². The summed E-state index contributed by atoms with van der Waals surface area (Å²) in [5.74, 6) is -0.427. The van der Waals surface area contributed by atoms with E-state index in [2.05, 4.69) is 21.2 Å². The van der Waals surface area contributed by atoms with Crippen LogP contribution in [-0.4, -0.2) is 35.0 Å². The smallest absolute Gasteiger partial charge is 0.326 e. The van der Waals surface area contributed by atoms with Gasteiger partial charge in [-0.05, 0) is 59.3 Å². The fraction of sp³-hybridized carbons (Fsp3) is 0.538. The molecule has 0 unspecified atom stereocenters. The maximum atomic E-state index is 11.7. The summed E-state index contributed by atoms with van der Waals surface area (Å²) in [5, 5.41) is 11.6. The number of hydrogen-bond acceptors (Lipinski definition) is 4. The van der Waals surface area contributed by atoms with Crippen molar-refractivity contribution in [3.05, 3.63) is 20.8 Å². The van der Waals surface area contributed by atoms with Gasteiger partial charge in [-0.1, -0.05) is 0 Å². The summed E-state index contributed by atoms with van der Waals surface area (Å²) in [7, 11) is 0. The molecule has 0 aliphatic heterocycles. The fourth-order valence-corrected chi connectivity index (χ4v) is 3.67. The first-order valence-electron chi connectivity index (χ1n) is 6.28. The highest BCUT2D eigenvalue weighted by Gasteiger charge is 2.18. The minimum atomic E-state index is -0.963. The summed E-state index contributed by atoms with van der Waals surface area (Å²) < 4.78 is 1.08. The van der Waals surface area contributed by atoms with Gasteiger partial charge in [0.15, 0.2) is 0 Å². The van der Waals surface area contributed by atoms with Gasteiger partial charge < -0.3 is 10.4 Å². The minimum Gasteiger partial charge on any atom is -0.480 e. The number of carboxylic acid groups (broad SMARTS) is 1. The van der Waals surface area contributed by atoms with Gasteiger partial charge in [-0.2, -0.15) is 11.8 Å². The minimum absolute atomic E-state index is 0.186. The van der Waals surface area contributed by atoms with Crippen LogP contribution in [0.2, 0.25) is 0 Å². The molecule has 1 heterocycles. The molecule has 0 aliphatic rings. The Morgan fingerprint density at radius 3 is 2.80 bits per heavy atom. The third-order valence-electron chi connectivity index (χ3n) is 2.70. The van der Waals surface area contributed by atoms with Gasteiger partial charge in [-0.15, -0.1) is 11.3 Å². The Balaban J connectivity index is 2.28. The van der Waals surface area contributed by atoms with Crippen LogP contribution in [0.15, 0.2) is 15.9 Å². The lowest BCUT2D eigenvalue weighted by Gasteiger charge is -2.13. The van der Waals surface area contributed by atoms with Crippen LogP contribution in [0.1, 0.15) is 24.1 Å². The maximum Gasteiger partial charge on any atom is 0.326 e. The fourth-order valence-electron chi connectivity index (χ4n) is 1.67. The van der Waals surface area contributed by atoms with E-state index in [1.165, 1.54) is 4.88 Å². The molecule has 1 aromatic rings. The molecule has 0 bridgehead atoms. The van der Waals surface area contributed by atoms with Crippen molar-refractivity contribution < 1.29 is 14.7 Å². The van der Waals surface area contributed by atoms with Crippen LogP contribution >= 0.6 is 39.0 Å². The van der Waals surface area contributed by atoms with E-state index in [1.807, 2.05) is 18.4 Å². The predicted octanol–water partition coefficient (Wildman–Crippen LogP) is 3.16. The molecule has 0 aliphatic carbocycles. The lowest BCUT2D eigenvalue weighted by Crippen LogP contribution is -2.41. The van der Waals surface area contributed by atoms with Gasteiger partial charge in [-0.3, -0.25) is 4.79 Å². The number of amides is 1. The molecule has 7 heteroatoms. The summed E-state index contributed by atoms with van der Waals surface area (Å²) in [5.41, 5.74) is 0. The molecule has 0 aromatic carbocycles. The van der Waals surface area contributed by atoms with E-state index in [0.717, 1.165) is 22.4 Å². The Hall–Kier alpha value is -0.530. The first kappa shape index (κ1) is 17.5. The highest BCUT2D eigenvalue weighted by molar-refractivity contribution is 9.11. The quantitative estimate of drug-likeness (QED) is 0.691.